The van der Waals surface area contributed by atoms with Crippen LogP contribution in [0.1, 0.15) is 47.2 Å². The molecule has 0 atom stereocenters. The predicted octanol–water partition coefficient (Wildman–Crippen LogP) is 5.60. The number of halogens is 1. The molecule has 0 saturated heterocycles. The van der Waals surface area contributed by atoms with Gasteiger partial charge in [0.2, 0.25) is 0 Å². The van der Waals surface area contributed by atoms with E-state index in [-0.39, 0.29) is 0 Å². The van der Waals surface area contributed by atoms with Crippen LogP contribution in [-0.4, -0.2) is 27.1 Å². The van der Waals surface area contributed by atoms with E-state index in [1.807, 2.05) is 30.5 Å². The van der Waals surface area contributed by atoms with Gasteiger partial charge in [0.05, 0.1) is 27.4 Å². The van der Waals surface area contributed by atoms with E-state index in [4.69, 9.17) is 9.78 Å². The van der Waals surface area contributed by atoms with E-state index in [9.17, 15) is 0 Å². The first-order chi connectivity index (χ1) is 12.2. The van der Waals surface area contributed by atoms with Gasteiger partial charge in [0.25, 0.3) is 0 Å². The van der Waals surface area contributed by atoms with Crippen LogP contribution in [0.3, 0.4) is 0 Å². The molecule has 0 fully saturated rings. The van der Waals surface area contributed by atoms with Crippen LogP contribution in [0.4, 0.5) is 0 Å². The van der Waals surface area contributed by atoms with Gasteiger partial charge in [-0.05, 0) is 65.8 Å². The normalized spacial score (nSPS) is 11.2. The summed E-state index contributed by atoms with van der Waals surface area (Å²) in [6.45, 7) is 17.5. The molecule has 0 amide bonds. The maximum absolute atomic E-state index is 7.75. The van der Waals surface area contributed by atoms with E-state index in [1.165, 1.54) is 5.69 Å². The van der Waals surface area contributed by atoms with E-state index in [0.717, 1.165) is 17.5 Å². The van der Waals surface area contributed by atoms with E-state index < -0.39 is 7.92 Å². The molecular weight excluding hydrogens is 452 g/mol. The number of hydrogen-bond donors (Lipinski definition) is 0. The number of hydrogen-bond acceptors (Lipinski definition) is 3. The number of nitrogens with zero attached hydrogens (tertiary/aromatic N) is 2. The van der Waals surface area contributed by atoms with E-state index in [1.54, 1.807) is 17.3 Å². The van der Waals surface area contributed by atoms with Crippen molar-refractivity contribution in [2.45, 2.75) is 58.0 Å². The second-order valence-corrected chi connectivity index (χ2v) is 12.2. The summed E-state index contributed by atoms with van der Waals surface area (Å²) >= 11 is 1.62. The predicted molar refractivity (Wildman–Crippen MR) is 113 cm³/mol. The molecule has 0 spiro atoms. The Hall–Kier alpha value is -0.687. The summed E-state index contributed by atoms with van der Waals surface area (Å²) in [7, 11) is 4.00. The van der Waals surface area contributed by atoms with Crippen molar-refractivity contribution in [2.75, 3.05) is 0 Å². The molecular formula is C20H30ClN2OPRu. The zero-order valence-electron chi connectivity index (χ0n) is 16.4. The Morgan fingerprint density at radius 2 is 1.46 bits per heavy atom. The quantitative estimate of drug-likeness (QED) is 0.248. The van der Waals surface area contributed by atoms with Crippen molar-refractivity contribution in [3.63, 3.8) is 0 Å². The third-order valence-electron chi connectivity index (χ3n) is 3.90. The minimum atomic E-state index is -0.609. The van der Waals surface area contributed by atoms with Crippen LogP contribution in [-0.2, 0) is 28.3 Å². The number of pyridine rings is 2. The topological polar surface area (TPSA) is 42.9 Å². The molecule has 0 unspecified atom stereocenters. The van der Waals surface area contributed by atoms with Gasteiger partial charge in [0, 0.05) is 14.1 Å². The fourth-order valence-corrected chi connectivity index (χ4v) is 6.94. The molecule has 0 aromatic carbocycles. The van der Waals surface area contributed by atoms with Crippen molar-refractivity contribution in [1.82, 2.24) is 9.97 Å². The fraction of sp³-hybridized carbons (Fsp3) is 0.450. The molecule has 146 valence electrons. The molecule has 0 radical (unpaired) electrons. The summed E-state index contributed by atoms with van der Waals surface area (Å²) in [5.74, 6) is 0. The van der Waals surface area contributed by atoms with Crippen molar-refractivity contribution in [3.8, 4) is 11.4 Å². The number of aromatic nitrogens is 2. The van der Waals surface area contributed by atoms with E-state index >= 15 is 0 Å². The molecule has 26 heavy (non-hydrogen) atoms. The molecule has 0 bridgehead atoms. The first-order valence-electron chi connectivity index (χ1n) is 8.30. The van der Waals surface area contributed by atoms with Crippen molar-refractivity contribution in [2.24, 2.45) is 0 Å². The molecule has 0 saturated carbocycles. The summed E-state index contributed by atoms with van der Waals surface area (Å²) in [5, 5.41) is 0.706. The van der Waals surface area contributed by atoms with E-state index in [0.29, 0.717) is 10.3 Å². The summed E-state index contributed by atoms with van der Waals surface area (Å²) in [4.78, 5) is 17.0. The summed E-state index contributed by atoms with van der Waals surface area (Å²) in [6.07, 6.45) is 2.92. The molecule has 2 aromatic heterocycles. The zero-order chi connectivity index (χ0) is 20.4. The minimum absolute atomic E-state index is 0.353. The third-order valence-corrected chi connectivity index (χ3v) is 8.24. The fourth-order valence-electron chi connectivity index (χ4n) is 3.07. The second kappa shape index (κ2) is 11.9. The van der Waals surface area contributed by atoms with Crippen LogP contribution in [0.2, 0.25) is 0 Å². The molecule has 6 heteroatoms. The molecule has 2 heterocycles. The Morgan fingerprint density at radius 1 is 0.923 bits per heavy atom. The van der Waals surface area contributed by atoms with Gasteiger partial charge >= 0.3 is 27.0 Å². The van der Waals surface area contributed by atoms with Crippen molar-refractivity contribution >= 4 is 24.4 Å². The monoisotopic (exact) mass is 482 g/mol. The SMILES string of the molecule is CC(C)(C)[PH+](Cc1cccc(-c2ccccn2)n1)C(C)(C)C.[CH-]=O.[Cl][RuH]. The van der Waals surface area contributed by atoms with Crippen LogP contribution in [0.25, 0.3) is 11.4 Å². The first kappa shape index (κ1) is 25.3. The standard InChI is InChI=1S/C19H27N2P.CHO.ClH.Ru.H/c1-18(2,3)22(19(4,5)6)14-15-10-9-12-17(21-15)16-11-7-8-13-20-16;1-2;;;/h7-13H,14H2,1-6H3;1H;1H;;/q;-1;;+1;. The Labute approximate surface area is 173 Å². The van der Waals surface area contributed by atoms with Crippen LogP contribution in [0.15, 0.2) is 42.6 Å². The number of rotatable bonds is 3. The average Bonchev–Trinajstić information content (AvgIpc) is 2.62. The maximum atomic E-state index is 7.75. The molecule has 0 aliphatic rings. The summed E-state index contributed by atoms with van der Waals surface area (Å²) in [6, 6.07) is 12.3. The molecule has 0 aliphatic heterocycles. The second-order valence-electron chi connectivity index (χ2n) is 7.88. The molecule has 0 N–H and O–H groups in total. The Kier molecular flexibility index (Phi) is 11.6. The van der Waals surface area contributed by atoms with Gasteiger partial charge in [-0.1, -0.05) is 12.1 Å². The van der Waals surface area contributed by atoms with Crippen molar-refractivity contribution in [3.05, 3.63) is 48.3 Å². The van der Waals surface area contributed by atoms with Gasteiger partial charge < -0.3 is 4.79 Å². The number of carbonyl (C=O) groups excluding carboxylic acids is 1. The van der Waals surface area contributed by atoms with Gasteiger partial charge in [-0.15, -0.1) is 0 Å². The Bertz CT molecular complexity index is 628. The third kappa shape index (κ3) is 8.34. The molecule has 0 aliphatic carbocycles. The Morgan fingerprint density at radius 3 is 1.92 bits per heavy atom. The summed E-state index contributed by atoms with van der Waals surface area (Å²) in [5.41, 5.74) is 3.12. The molecule has 3 nitrogen and oxygen atoms in total. The van der Waals surface area contributed by atoms with Crippen LogP contribution < -0.4 is 0 Å². The van der Waals surface area contributed by atoms with Crippen molar-refractivity contribution in [1.29, 1.82) is 0 Å². The van der Waals surface area contributed by atoms with Crippen LogP contribution >= 0.6 is 17.6 Å². The van der Waals surface area contributed by atoms with Gasteiger partial charge in [-0.3, -0.25) is 11.8 Å². The first-order valence-corrected chi connectivity index (χ1v) is 12.4. The van der Waals surface area contributed by atoms with Crippen LogP contribution in [0, 0.1) is 0 Å². The van der Waals surface area contributed by atoms with E-state index in [2.05, 4.69) is 75.1 Å². The van der Waals surface area contributed by atoms with Gasteiger partial charge in [0.1, 0.15) is 6.16 Å². The molecule has 2 rings (SSSR count). The van der Waals surface area contributed by atoms with Gasteiger partial charge in [-0.2, -0.15) is 0 Å². The van der Waals surface area contributed by atoms with Crippen molar-refractivity contribution < 1.29 is 22.1 Å². The van der Waals surface area contributed by atoms with Gasteiger partial charge in [-0.25, -0.2) is 4.98 Å². The average molecular weight is 482 g/mol. The summed E-state index contributed by atoms with van der Waals surface area (Å²) < 4.78 is 0. The van der Waals surface area contributed by atoms with Gasteiger partial charge in [0.15, 0.2) is 0 Å². The Balaban J connectivity index is 0.00000146. The van der Waals surface area contributed by atoms with Crippen LogP contribution in [0.5, 0.6) is 0 Å². The molecule has 2 aromatic rings. The zero-order valence-corrected chi connectivity index (χ0v) is 20.0.